The summed E-state index contributed by atoms with van der Waals surface area (Å²) in [6.07, 6.45) is 0.560. The first-order chi connectivity index (χ1) is 12.3. The molecule has 0 aromatic heterocycles. The third-order valence-electron chi connectivity index (χ3n) is 5.70. The monoisotopic (exact) mass is 379 g/mol. The molecule has 1 aromatic rings. The summed E-state index contributed by atoms with van der Waals surface area (Å²) >= 11 is 0. The maximum atomic E-state index is 12.9. The van der Waals surface area contributed by atoms with E-state index in [1.54, 1.807) is 4.90 Å². The summed E-state index contributed by atoms with van der Waals surface area (Å²) in [4.78, 5) is 18.9. The molecule has 3 rings (SSSR count). The largest absolute Gasteiger partial charge is 0.368 e. The van der Waals surface area contributed by atoms with E-state index in [2.05, 4.69) is 36.9 Å². The number of aryl methyl sites for hydroxylation is 1. The SMILES string of the molecule is CCN(C(=O)N1CCN(c2cccc(C)c2C)CC1)C1CCS(=O)(=O)C1. The number of urea groups is 1. The van der Waals surface area contributed by atoms with Gasteiger partial charge in [-0.1, -0.05) is 12.1 Å². The molecule has 2 fully saturated rings. The lowest BCUT2D eigenvalue weighted by Gasteiger charge is -2.40. The summed E-state index contributed by atoms with van der Waals surface area (Å²) in [6.45, 7) is 9.68. The van der Waals surface area contributed by atoms with Crippen molar-refractivity contribution in [3.63, 3.8) is 0 Å². The molecule has 0 saturated carbocycles. The molecular weight excluding hydrogens is 350 g/mol. The Morgan fingerprint density at radius 2 is 1.88 bits per heavy atom. The fraction of sp³-hybridized carbons (Fsp3) is 0.632. The molecule has 2 aliphatic rings. The summed E-state index contributed by atoms with van der Waals surface area (Å²) in [5.41, 5.74) is 3.81. The number of carbonyl (C=O) groups is 1. The van der Waals surface area contributed by atoms with Crippen molar-refractivity contribution in [1.29, 1.82) is 0 Å². The minimum Gasteiger partial charge on any atom is -0.368 e. The van der Waals surface area contributed by atoms with Gasteiger partial charge in [-0.2, -0.15) is 0 Å². The predicted molar refractivity (Wildman–Crippen MR) is 105 cm³/mol. The number of rotatable bonds is 3. The van der Waals surface area contributed by atoms with Crippen LogP contribution in [-0.4, -0.2) is 74.5 Å². The van der Waals surface area contributed by atoms with Crippen LogP contribution in [0.25, 0.3) is 0 Å². The van der Waals surface area contributed by atoms with E-state index in [1.807, 2.05) is 11.8 Å². The quantitative estimate of drug-likeness (QED) is 0.807. The van der Waals surface area contributed by atoms with Crippen LogP contribution in [0.3, 0.4) is 0 Å². The fourth-order valence-electron chi connectivity index (χ4n) is 3.97. The Balaban J connectivity index is 1.63. The molecule has 2 saturated heterocycles. The van der Waals surface area contributed by atoms with E-state index >= 15 is 0 Å². The van der Waals surface area contributed by atoms with Gasteiger partial charge in [0, 0.05) is 44.5 Å². The van der Waals surface area contributed by atoms with E-state index in [4.69, 9.17) is 0 Å². The Hall–Kier alpha value is -1.76. The molecule has 0 aliphatic carbocycles. The molecule has 2 heterocycles. The smallest absolute Gasteiger partial charge is 0.320 e. The highest BCUT2D eigenvalue weighted by molar-refractivity contribution is 7.91. The van der Waals surface area contributed by atoms with Crippen molar-refractivity contribution >= 4 is 21.6 Å². The van der Waals surface area contributed by atoms with Gasteiger partial charge in [-0.25, -0.2) is 13.2 Å². The number of anilines is 1. The Morgan fingerprint density at radius 3 is 2.46 bits per heavy atom. The maximum Gasteiger partial charge on any atom is 0.320 e. The Labute approximate surface area is 156 Å². The lowest BCUT2D eigenvalue weighted by Crippen LogP contribution is -2.55. The van der Waals surface area contributed by atoms with E-state index in [-0.39, 0.29) is 23.6 Å². The van der Waals surface area contributed by atoms with Crippen LogP contribution in [-0.2, 0) is 9.84 Å². The Morgan fingerprint density at radius 1 is 1.19 bits per heavy atom. The van der Waals surface area contributed by atoms with Gasteiger partial charge in [0.15, 0.2) is 9.84 Å². The van der Waals surface area contributed by atoms with E-state index in [0.717, 1.165) is 13.1 Å². The van der Waals surface area contributed by atoms with Crippen LogP contribution in [0, 0.1) is 13.8 Å². The average Bonchev–Trinajstić information content (AvgIpc) is 2.98. The van der Waals surface area contributed by atoms with Crippen molar-refractivity contribution in [3.8, 4) is 0 Å². The molecule has 2 aliphatic heterocycles. The Bertz CT molecular complexity index is 770. The number of hydrogen-bond donors (Lipinski definition) is 0. The number of amides is 2. The van der Waals surface area contributed by atoms with Crippen molar-refractivity contribution in [2.24, 2.45) is 0 Å². The van der Waals surface area contributed by atoms with Crippen molar-refractivity contribution in [3.05, 3.63) is 29.3 Å². The topological polar surface area (TPSA) is 60.9 Å². The summed E-state index contributed by atoms with van der Waals surface area (Å²) in [7, 11) is -2.99. The fourth-order valence-corrected chi connectivity index (χ4v) is 5.70. The molecule has 1 atom stereocenters. The van der Waals surface area contributed by atoms with Gasteiger partial charge in [-0.15, -0.1) is 0 Å². The standard InChI is InChI=1S/C19H29N3O3S/c1-4-22(17-8-13-26(24,25)14-17)19(23)21-11-9-20(10-12-21)18-7-5-6-15(2)16(18)3/h5-7,17H,4,8-14H2,1-3H3. The molecule has 6 nitrogen and oxygen atoms in total. The molecule has 7 heteroatoms. The van der Waals surface area contributed by atoms with Gasteiger partial charge >= 0.3 is 6.03 Å². The zero-order valence-electron chi connectivity index (χ0n) is 15.9. The molecule has 144 valence electrons. The van der Waals surface area contributed by atoms with E-state index in [9.17, 15) is 13.2 Å². The van der Waals surface area contributed by atoms with E-state index in [0.29, 0.717) is 26.1 Å². The van der Waals surface area contributed by atoms with Gasteiger partial charge in [-0.3, -0.25) is 0 Å². The molecule has 26 heavy (non-hydrogen) atoms. The summed E-state index contributed by atoms with van der Waals surface area (Å²) < 4.78 is 23.5. The first-order valence-electron chi connectivity index (χ1n) is 9.39. The third kappa shape index (κ3) is 3.82. The Kier molecular flexibility index (Phi) is 5.46. The second-order valence-electron chi connectivity index (χ2n) is 7.32. The first kappa shape index (κ1) is 19.0. The second-order valence-corrected chi connectivity index (χ2v) is 9.55. The summed E-state index contributed by atoms with van der Waals surface area (Å²) in [5.74, 6) is 0.302. The van der Waals surface area contributed by atoms with Crippen LogP contribution >= 0.6 is 0 Å². The van der Waals surface area contributed by atoms with Crippen molar-refractivity contribution in [1.82, 2.24) is 9.80 Å². The number of piperazine rings is 1. The number of carbonyl (C=O) groups excluding carboxylic acids is 1. The summed E-state index contributed by atoms with van der Waals surface area (Å²) in [6, 6.07) is 6.15. The number of sulfone groups is 1. The molecule has 0 bridgehead atoms. The van der Waals surface area contributed by atoms with Gasteiger partial charge < -0.3 is 14.7 Å². The molecular formula is C19H29N3O3S. The van der Waals surface area contributed by atoms with Gasteiger partial charge in [0.1, 0.15) is 0 Å². The van der Waals surface area contributed by atoms with Gasteiger partial charge in [0.05, 0.1) is 11.5 Å². The van der Waals surface area contributed by atoms with Crippen LogP contribution in [0.15, 0.2) is 18.2 Å². The molecule has 0 radical (unpaired) electrons. The van der Waals surface area contributed by atoms with Gasteiger partial charge in [0.25, 0.3) is 0 Å². The van der Waals surface area contributed by atoms with E-state index in [1.165, 1.54) is 16.8 Å². The maximum absolute atomic E-state index is 12.9. The number of nitrogens with zero attached hydrogens (tertiary/aromatic N) is 3. The second kappa shape index (κ2) is 7.47. The summed E-state index contributed by atoms with van der Waals surface area (Å²) in [5, 5.41) is 0. The van der Waals surface area contributed by atoms with Gasteiger partial charge in [-0.05, 0) is 44.4 Å². The van der Waals surface area contributed by atoms with Crippen molar-refractivity contribution in [2.75, 3.05) is 49.1 Å². The van der Waals surface area contributed by atoms with Crippen LogP contribution in [0.1, 0.15) is 24.5 Å². The molecule has 2 amide bonds. The molecule has 1 aromatic carbocycles. The third-order valence-corrected chi connectivity index (χ3v) is 7.45. The zero-order valence-corrected chi connectivity index (χ0v) is 16.8. The van der Waals surface area contributed by atoms with Gasteiger partial charge in [0.2, 0.25) is 0 Å². The lowest BCUT2D eigenvalue weighted by atomic mass is 10.1. The molecule has 1 unspecified atom stereocenters. The minimum absolute atomic E-state index is 0.0183. The van der Waals surface area contributed by atoms with Crippen LogP contribution in [0.4, 0.5) is 10.5 Å². The van der Waals surface area contributed by atoms with Crippen molar-refractivity contribution in [2.45, 2.75) is 33.2 Å². The van der Waals surface area contributed by atoms with Crippen LogP contribution in [0.2, 0.25) is 0 Å². The first-order valence-corrected chi connectivity index (χ1v) is 11.2. The highest BCUT2D eigenvalue weighted by Gasteiger charge is 2.36. The highest BCUT2D eigenvalue weighted by Crippen LogP contribution is 2.25. The minimum atomic E-state index is -2.99. The molecule has 0 N–H and O–H groups in total. The van der Waals surface area contributed by atoms with Crippen LogP contribution < -0.4 is 4.90 Å². The van der Waals surface area contributed by atoms with Crippen molar-refractivity contribution < 1.29 is 13.2 Å². The number of benzene rings is 1. The highest BCUT2D eigenvalue weighted by atomic mass is 32.2. The van der Waals surface area contributed by atoms with E-state index < -0.39 is 9.84 Å². The molecule has 0 spiro atoms. The zero-order chi connectivity index (χ0) is 18.9. The predicted octanol–water partition coefficient (Wildman–Crippen LogP) is 2.05. The average molecular weight is 380 g/mol. The number of hydrogen-bond acceptors (Lipinski definition) is 4. The lowest BCUT2D eigenvalue weighted by molar-refractivity contribution is 0.138. The normalized spacial score (nSPS) is 22.5. The van der Waals surface area contributed by atoms with Crippen LogP contribution in [0.5, 0.6) is 0 Å².